The molecule has 2 heterocycles. The van der Waals surface area contributed by atoms with Gasteiger partial charge in [0.05, 0.1) is 11.5 Å². The largest absolute Gasteiger partial charge is 0.327 e. The molecule has 0 bridgehead atoms. The lowest BCUT2D eigenvalue weighted by molar-refractivity contribution is 0.549. The van der Waals surface area contributed by atoms with Crippen LogP contribution in [0.25, 0.3) is 0 Å². The number of rotatable bonds is 1. The second kappa shape index (κ2) is 4.31. The molecule has 1 aliphatic carbocycles. The average Bonchev–Trinajstić information content (AvgIpc) is 2.66. The summed E-state index contributed by atoms with van der Waals surface area (Å²) in [6.45, 7) is 0. The Labute approximate surface area is 108 Å². The van der Waals surface area contributed by atoms with Crippen LogP contribution in [0.5, 0.6) is 0 Å². The standard InChI is InChI=1S/C13H18N2O2S/c14-12-4-10-6-13(15-7-11(10)5-12)9-2-1-3-18(16,17)8-9/h6-7,9,12H,1-5,8,14H2. The number of hydrogen-bond donors (Lipinski definition) is 1. The van der Waals surface area contributed by atoms with Crippen molar-refractivity contribution >= 4 is 9.84 Å². The number of fused-ring (bicyclic) bond motifs is 1. The molecule has 98 valence electrons. The maximum Gasteiger partial charge on any atom is 0.150 e. The molecule has 1 aromatic heterocycles. The normalized spacial score (nSPS) is 30.1. The van der Waals surface area contributed by atoms with Gasteiger partial charge < -0.3 is 5.73 Å². The summed E-state index contributed by atoms with van der Waals surface area (Å²) < 4.78 is 23.3. The predicted octanol–water partition coefficient (Wildman–Crippen LogP) is 0.800. The van der Waals surface area contributed by atoms with Crippen molar-refractivity contribution < 1.29 is 8.42 Å². The van der Waals surface area contributed by atoms with E-state index in [1.54, 1.807) is 0 Å². The molecular weight excluding hydrogens is 248 g/mol. The van der Waals surface area contributed by atoms with E-state index in [0.717, 1.165) is 31.4 Å². The first-order chi connectivity index (χ1) is 8.53. The first-order valence-electron chi connectivity index (χ1n) is 6.47. The fourth-order valence-electron chi connectivity index (χ4n) is 3.03. The van der Waals surface area contributed by atoms with Gasteiger partial charge in [0.2, 0.25) is 0 Å². The topological polar surface area (TPSA) is 73.0 Å². The van der Waals surface area contributed by atoms with E-state index < -0.39 is 9.84 Å². The zero-order chi connectivity index (χ0) is 12.8. The maximum absolute atomic E-state index is 11.7. The van der Waals surface area contributed by atoms with Gasteiger partial charge in [0.1, 0.15) is 0 Å². The minimum atomic E-state index is -2.87. The molecular formula is C13H18N2O2S. The average molecular weight is 266 g/mol. The number of nitrogens with two attached hydrogens (primary N) is 1. The molecule has 2 unspecified atom stereocenters. The number of nitrogens with zero attached hydrogens (tertiary/aromatic N) is 1. The highest BCUT2D eigenvalue weighted by molar-refractivity contribution is 7.91. The molecule has 0 saturated carbocycles. The van der Waals surface area contributed by atoms with Crippen molar-refractivity contribution in [1.82, 2.24) is 4.98 Å². The summed E-state index contributed by atoms with van der Waals surface area (Å²) in [6, 6.07) is 2.28. The lowest BCUT2D eigenvalue weighted by Crippen LogP contribution is -2.24. The molecule has 1 aromatic rings. The summed E-state index contributed by atoms with van der Waals surface area (Å²) in [7, 11) is -2.87. The summed E-state index contributed by atoms with van der Waals surface area (Å²) in [5, 5.41) is 0. The van der Waals surface area contributed by atoms with Crippen LogP contribution in [0.15, 0.2) is 12.3 Å². The lowest BCUT2D eigenvalue weighted by atomic mass is 9.99. The third kappa shape index (κ3) is 2.29. The quantitative estimate of drug-likeness (QED) is 0.816. The molecule has 0 aromatic carbocycles. The van der Waals surface area contributed by atoms with Gasteiger partial charge in [0.25, 0.3) is 0 Å². The van der Waals surface area contributed by atoms with E-state index in [1.165, 1.54) is 11.1 Å². The van der Waals surface area contributed by atoms with E-state index in [2.05, 4.69) is 11.1 Å². The summed E-state index contributed by atoms with van der Waals surface area (Å²) in [4.78, 5) is 4.45. The van der Waals surface area contributed by atoms with Crippen LogP contribution < -0.4 is 5.73 Å². The van der Waals surface area contributed by atoms with E-state index in [9.17, 15) is 8.42 Å². The Balaban J connectivity index is 1.87. The highest BCUT2D eigenvalue weighted by Gasteiger charge is 2.28. The van der Waals surface area contributed by atoms with Crippen LogP contribution in [0.1, 0.15) is 35.6 Å². The Morgan fingerprint density at radius 3 is 2.83 bits per heavy atom. The van der Waals surface area contributed by atoms with Crippen LogP contribution in [-0.2, 0) is 22.7 Å². The second-order valence-electron chi connectivity index (χ2n) is 5.50. The molecule has 1 fully saturated rings. The van der Waals surface area contributed by atoms with Crippen molar-refractivity contribution in [2.75, 3.05) is 11.5 Å². The van der Waals surface area contributed by atoms with Crippen molar-refractivity contribution in [3.63, 3.8) is 0 Å². The Morgan fingerprint density at radius 1 is 1.28 bits per heavy atom. The van der Waals surface area contributed by atoms with Crippen LogP contribution >= 0.6 is 0 Å². The lowest BCUT2D eigenvalue weighted by Gasteiger charge is -2.21. The smallest absolute Gasteiger partial charge is 0.150 e. The van der Waals surface area contributed by atoms with E-state index in [-0.39, 0.29) is 17.7 Å². The van der Waals surface area contributed by atoms with Gasteiger partial charge in [-0.3, -0.25) is 4.98 Å². The fourth-order valence-corrected chi connectivity index (χ4v) is 4.76. The van der Waals surface area contributed by atoms with Gasteiger partial charge in [-0.15, -0.1) is 0 Å². The molecule has 18 heavy (non-hydrogen) atoms. The molecule has 0 radical (unpaired) electrons. The Bertz CT molecular complexity index is 568. The molecule has 2 atom stereocenters. The monoisotopic (exact) mass is 266 g/mol. The number of pyridine rings is 1. The molecule has 4 nitrogen and oxygen atoms in total. The molecule has 1 aliphatic heterocycles. The van der Waals surface area contributed by atoms with Crippen molar-refractivity contribution in [2.24, 2.45) is 5.73 Å². The van der Waals surface area contributed by atoms with Crippen LogP contribution in [0.2, 0.25) is 0 Å². The fraction of sp³-hybridized carbons (Fsp3) is 0.615. The van der Waals surface area contributed by atoms with Crippen LogP contribution in [0.4, 0.5) is 0 Å². The first kappa shape index (κ1) is 12.1. The van der Waals surface area contributed by atoms with Crippen molar-refractivity contribution in [2.45, 2.75) is 37.6 Å². The summed E-state index contributed by atoms with van der Waals surface area (Å²) in [5.41, 5.74) is 9.36. The van der Waals surface area contributed by atoms with Crippen LogP contribution in [0.3, 0.4) is 0 Å². The summed E-state index contributed by atoms with van der Waals surface area (Å²) in [5.74, 6) is 0.662. The van der Waals surface area contributed by atoms with E-state index in [4.69, 9.17) is 5.73 Å². The van der Waals surface area contributed by atoms with Crippen molar-refractivity contribution in [3.05, 3.63) is 29.1 Å². The number of aromatic nitrogens is 1. The van der Waals surface area contributed by atoms with Gasteiger partial charge in [-0.25, -0.2) is 8.42 Å². The SMILES string of the molecule is NC1Cc2cnc(C3CCCS(=O)(=O)C3)cc2C1. The van der Waals surface area contributed by atoms with Gasteiger partial charge in [0.15, 0.2) is 9.84 Å². The Hall–Kier alpha value is -0.940. The Kier molecular flexibility index (Phi) is 2.90. The summed E-state index contributed by atoms with van der Waals surface area (Å²) >= 11 is 0. The molecule has 0 spiro atoms. The summed E-state index contributed by atoms with van der Waals surface area (Å²) in [6.07, 6.45) is 5.36. The number of sulfone groups is 1. The zero-order valence-electron chi connectivity index (χ0n) is 10.3. The Morgan fingerprint density at radius 2 is 2.06 bits per heavy atom. The molecule has 0 amide bonds. The molecule has 5 heteroatoms. The van der Waals surface area contributed by atoms with Crippen LogP contribution in [0, 0.1) is 0 Å². The highest BCUT2D eigenvalue weighted by atomic mass is 32.2. The molecule has 2 N–H and O–H groups in total. The van der Waals surface area contributed by atoms with Crippen molar-refractivity contribution in [3.8, 4) is 0 Å². The minimum Gasteiger partial charge on any atom is -0.327 e. The van der Waals surface area contributed by atoms with Gasteiger partial charge in [-0.05, 0) is 42.9 Å². The highest BCUT2D eigenvalue weighted by Crippen LogP contribution is 2.30. The molecule has 2 aliphatic rings. The van der Waals surface area contributed by atoms with E-state index in [1.807, 2.05) is 6.20 Å². The van der Waals surface area contributed by atoms with E-state index in [0.29, 0.717) is 5.75 Å². The van der Waals surface area contributed by atoms with Gasteiger partial charge in [-0.2, -0.15) is 0 Å². The molecule has 3 rings (SSSR count). The third-order valence-corrected chi connectivity index (χ3v) is 5.77. The minimum absolute atomic E-state index is 0.0749. The van der Waals surface area contributed by atoms with Crippen molar-refractivity contribution in [1.29, 1.82) is 0 Å². The zero-order valence-corrected chi connectivity index (χ0v) is 11.1. The van der Waals surface area contributed by atoms with Crippen LogP contribution in [-0.4, -0.2) is 30.9 Å². The van der Waals surface area contributed by atoms with E-state index >= 15 is 0 Å². The van der Waals surface area contributed by atoms with Gasteiger partial charge in [-0.1, -0.05) is 0 Å². The number of hydrogen-bond acceptors (Lipinski definition) is 4. The molecule has 1 saturated heterocycles. The van der Waals surface area contributed by atoms with Gasteiger partial charge >= 0.3 is 0 Å². The second-order valence-corrected chi connectivity index (χ2v) is 7.73. The third-order valence-electron chi connectivity index (χ3n) is 3.95. The first-order valence-corrected chi connectivity index (χ1v) is 8.29. The maximum atomic E-state index is 11.7. The van der Waals surface area contributed by atoms with Gasteiger partial charge in [0, 0.05) is 23.9 Å². The predicted molar refractivity (Wildman–Crippen MR) is 70.2 cm³/mol.